The fourth-order valence-electron chi connectivity index (χ4n) is 0.841. The lowest BCUT2D eigenvalue weighted by Gasteiger charge is -2.08. The quantitative estimate of drug-likeness (QED) is 0.727. The summed E-state index contributed by atoms with van der Waals surface area (Å²) in [6.45, 7) is -1.64. The Kier molecular flexibility index (Phi) is 3.03. The summed E-state index contributed by atoms with van der Waals surface area (Å²) in [5.74, 6) is -0.900. The predicted octanol–water partition coefficient (Wildman–Crippen LogP) is 3.39. The van der Waals surface area contributed by atoms with Crippen molar-refractivity contribution in [1.82, 2.24) is 0 Å². The van der Waals surface area contributed by atoms with Crippen molar-refractivity contribution in [3.8, 4) is 5.75 Å². The van der Waals surface area contributed by atoms with Gasteiger partial charge in [-0.25, -0.2) is 4.39 Å². The lowest BCUT2D eigenvalue weighted by atomic mass is 10.2. The minimum atomic E-state index is -2.98. The van der Waals surface area contributed by atoms with E-state index in [0.717, 1.165) is 12.1 Å². The number of alkyl halides is 2. The van der Waals surface area contributed by atoms with Crippen LogP contribution in [-0.2, 0) is 0 Å². The standard InChI is InChI=1S/C8H6ClF3O/c1-4-6(10)2-5(9)3-7(4)13-8(11)12/h2-3,8H,1H3. The Morgan fingerprint density at radius 1 is 1.38 bits per heavy atom. The van der Waals surface area contributed by atoms with E-state index in [1.165, 1.54) is 6.92 Å². The molecule has 1 rings (SSSR count). The third-order valence-electron chi connectivity index (χ3n) is 1.48. The molecule has 1 aromatic carbocycles. The predicted molar refractivity (Wildman–Crippen MR) is 42.8 cm³/mol. The number of hydrogen-bond acceptors (Lipinski definition) is 1. The van der Waals surface area contributed by atoms with Gasteiger partial charge in [-0.3, -0.25) is 0 Å². The van der Waals surface area contributed by atoms with Crippen molar-refractivity contribution in [2.75, 3.05) is 0 Å². The van der Waals surface area contributed by atoms with Gasteiger partial charge < -0.3 is 4.74 Å². The molecule has 0 saturated heterocycles. The molecule has 13 heavy (non-hydrogen) atoms. The van der Waals surface area contributed by atoms with E-state index in [2.05, 4.69) is 4.74 Å². The Bertz CT molecular complexity index is 315. The van der Waals surface area contributed by atoms with Gasteiger partial charge in [0.25, 0.3) is 0 Å². The maximum absolute atomic E-state index is 12.9. The number of rotatable bonds is 2. The van der Waals surface area contributed by atoms with Gasteiger partial charge in [-0.2, -0.15) is 8.78 Å². The highest BCUT2D eigenvalue weighted by Gasteiger charge is 2.11. The summed E-state index contributed by atoms with van der Waals surface area (Å²) in [5.41, 5.74) is 0.0182. The van der Waals surface area contributed by atoms with Gasteiger partial charge in [-0.1, -0.05) is 11.6 Å². The van der Waals surface area contributed by atoms with E-state index in [9.17, 15) is 13.2 Å². The van der Waals surface area contributed by atoms with Crippen LogP contribution in [0.25, 0.3) is 0 Å². The topological polar surface area (TPSA) is 9.23 Å². The van der Waals surface area contributed by atoms with Crippen molar-refractivity contribution in [3.05, 3.63) is 28.5 Å². The SMILES string of the molecule is Cc1c(F)cc(Cl)cc1OC(F)F. The van der Waals surface area contributed by atoms with Crippen LogP contribution >= 0.6 is 11.6 Å². The van der Waals surface area contributed by atoms with E-state index < -0.39 is 12.4 Å². The fourth-order valence-corrected chi connectivity index (χ4v) is 1.04. The van der Waals surface area contributed by atoms with E-state index in [4.69, 9.17) is 11.6 Å². The van der Waals surface area contributed by atoms with Crippen LogP contribution in [0.4, 0.5) is 13.2 Å². The summed E-state index contributed by atoms with van der Waals surface area (Å²) in [5, 5.41) is 0.0266. The normalized spacial score (nSPS) is 10.6. The van der Waals surface area contributed by atoms with Crippen LogP contribution in [-0.4, -0.2) is 6.61 Å². The van der Waals surface area contributed by atoms with E-state index >= 15 is 0 Å². The van der Waals surface area contributed by atoms with E-state index in [-0.39, 0.29) is 16.3 Å². The van der Waals surface area contributed by atoms with Crippen molar-refractivity contribution in [2.45, 2.75) is 13.5 Å². The molecular formula is C8H6ClF3O. The summed E-state index contributed by atoms with van der Waals surface area (Å²) >= 11 is 5.44. The molecule has 0 N–H and O–H groups in total. The molecule has 0 aliphatic rings. The molecule has 0 aromatic heterocycles. The van der Waals surface area contributed by atoms with Crippen LogP contribution in [0.2, 0.25) is 5.02 Å². The second-order valence-electron chi connectivity index (χ2n) is 2.39. The first-order valence-electron chi connectivity index (χ1n) is 3.41. The molecule has 0 amide bonds. The van der Waals surface area contributed by atoms with Gasteiger partial charge in [0.1, 0.15) is 11.6 Å². The molecule has 1 aromatic rings. The molecule has 0 radical (unpaired) electrons. The van der Waals surface area contributed by atoms with E-state index in [1.54, 1.807) is 0 Å². The first kappa shape index (κ1) is 10.2. The Labute approximate surface area is 78.1 Å². The lowest BCUT2D eigenvalue weighted by Crippen LogP contribution is -2.04. The Morgan fingerprint density at radius 2 is 2.00 bits per heavy atom. The highest BCUT2D eigenvalue weighted by molar-refractivity contribution is 6.30. The van der Waals surface area contributed by atoms with Crippen LogP contribution in [0.3, 0.4) is 0 Å². The van der Waals surface area contributed by atoms with Gasteiger partial charge in [-0.15, -0.1) is 0 Å². The second kappa shape index (κ2) is 3.87. The van der Waals surface area contributed by atoms with Crippen LogP contribution in [0.5, 0.6) is 5.75 Å². The number of hydrogen-bond donors (Lipinski definition) is 0. The number of benzene rings is 1. The number of halogens is 4. The van der Waals surface area contributed by atoms with Crippen molar-refractivity contribution in [1.29, 1.82) is 0 Å². The van der Waals surface area contributed by atoms with Crippen molar-refractivity contribution in [3.63, 3.8) is 0 Å². The zero-order valence-corrected chi connectivity index (χ0v) is 7.41. The molecule has 0 spiro atoms. The Hall–Kier alpha value is -0.900. The maximum Gasteiger partial charge on any atom is 0.387 e. The molecule has 0 saturated carbocycles. The van der Waals surface area contributed by atoms with Gasteiger partial charge >= 0.3 is 6.61 Å². The van der Waals surface area contributed by atoms with Gasteiger partial charge in [0, 0.05) is 10.6 Å². The third kappa shape index (κ3) is 2.52. The molecule has 0 unspecified atom stereocenters. The first-order valence-corrected chi connectivity index (χ1v) is 3.79. The third-order valence-corrected chi connectivity index (χ3v) is 1.70. The first-order chi connectivity index (χ1) is 6.00. The number of ether oxygens (including phenoxy) is 1. The largest absolute Gasteiger partial charge is 0.434 e. The Morgan fingerprint density at radius 3 is 2.54 bits per heavy atom. The van der Waals surface area contributed by atoms with Gasteiger partial charge in [-0.05, 0) is 19.1 Å². The average Bonchev–Trinajstić information content (AvgIpc) is 1.98. The van der Waals surface area contributed by atoms with Crippen LogP contribution < -0.4 is 4.74 Å². The van der Waals surface area contributed by atoms with E-state index in [1.807, 2.05) is 0 Å². The van der Waals surface area contributed by atoms with Crippen molar-refractivity contribution in [2.24, 2.45) is 0 Å². The fraction of sp³-hybridized carbons (Fsp3) is 0.250. The summed E-state index contributed by atoms with van der Waals surface area (Å²) in [4.78, 5) is 0. The molecule has 0 heterocycles. The molecule has 0 bridgehead atoms. The monoisotopic (exact) mass is 210 g/mol. The minimum absolute atomic E-state index is 0.0182. The van der Waals surface area contributed by atoms with Crippen LogP contribution in [0.15, 0.2) is 12.1 Å². The smallest absolute Gasteiger partial charge is 0.387 e. The maximum atomic E-state index is 12.9. The zero-order valence-electron chi connectivity index (χ0n) is 6.65. The molecule has 72 valence electrons. The summed E-state index contributed by atoms with van der Waals surface area (Å²) in [7, 11) is 0. The average molecular weight is 211 g/mol. The lowest BCUT2D eigenvalue weighted by molar-refractivity contribution is -0.0504. The molecule has 5 heteroatoms. The Balaban J connectivity index is 3.05. The molecule has 0 aliphatic carbocycles. The van der Waals surface area contributed by atoms with Gasteiger partial charge in [0.15, 0.2) is 0 Å². The van der Waals surface area contributed by atoms with Gasteiger partial charge in [0.2, 0.25) is 0 Å². The minimum Gasteiger partial charge on any atom is -0.434 e. The van der Waals surface area contributed by atoms with Crippen LogP contribution in [0, 0.1) is 12.7 Å². The highest BCUT2D eigenvalue weighted by atomic mass is 35.5. The zero-order chi connectivity index (χ0) is 10.0. The molecule has 0 fully saturated rings. The molecular weight excluding hydrogens is 205 g/mol. The summed E-state index contributed by atoms with van der Waals surface area (Å²) < 4.78 is 40.5. The van der Waals surface area contributed by atoms with Crippen LogP contribution in [0.1, 0.15) is 5.56 Å². The van der Waals surface area contributed by atoms with E-state index in [0.29, 0.717) is 0 Å². The molecule has 0 atom stereocenters. The van der Waals surface area contributed by atoms with Crippen molar-refractivity contribution < 1.29 is 17.9 Å². The summed E-state index contributed by atoms with van der Waals surface area (Å²) in [6.07, 6.45) is 0. The van der Waals surface area contributed by atoms with Gasteiger partial charge in [0.05, 0.1) is 0 Å². The second-order valence-corrected chi connectivity index (χ2v) is 2.83. The summed E-state index contributed by atoms with van der Waals surface area (Å²) in [6, 6.07) is 2.18. The highest BCUT2D eigenvalue weighted by Crippen LogP contribution is 2.26. The van der Waals surface area contributed by atoms with Crippen molar-refractivity contribution >= 4 is 11.6 Å². The molecule has 1 nitrogen and oxygen atoms in total. The molecule has 0 aliphatic heterocycles.